The summed E-state index contributed by atoms with van der Waals surface area (Å²) in [6.45, 7) is 1.83. The first-order valence-corrected chi connectivity index (χ1v) is 3.17. The van der Waals surface area contributed by atoms with Gasteiger partial charge in [-0.25, -0.2) is 9.89 Å². The molecule has 1 N–H and O–H groups in total. The Kier molecular flexibility index (Phi) is 1.06. The van der Waals surface area contributed by atoms with Crippen LogP contribution in [0.3, 0.4) is 0 Å². The fourth-order valence-corrected chi connectivity index (χ4v) is 0.975. The second-order valence-corrected chi connectivity index (χ2v) is 2.30. The highest BCUT2D eigenvalue weighted by Gasteiger charge is 1.98. The second-order valence-electron chi connectivity index (χ2n) is 2.30. The van der Waals surface area contributed by atoms with E-state index in [1.54, 1.807) is 12.3 Å². The molecular formula is C6H6N4O. The molecule has 0 aliphatic rings. The molecule has 0 unspecified atom stereocenters. The number of nitrogens with zero attached hydrogens (tertiary/aromatic N) is 3. The molecule has 2 rings (SSSR count). The van der Waals surface area contributed by atoms with E-state index in [1.165, 1.54) is 4.52 Å². The highest BCUT2D eigenvalue weighted by molar-refractivity contribution is 5.43. The van der Waals surface area contributed by atoms with Gasteiger partial charge in [-0.05, 0) is 13.0 Å². The molecule has 0 aliphatic carbocycles. The van der Waals surface area contributed by atoms with Crippen molar-refractivity contribution in [1.29, 1.82) is 0 Å². The first kappa shape index (κ1) is 6.09. The molecule has 11 heavy (non-hydrogen) atoms. The zero-order chi connectivity index (χ0) is 7.84. The minimum absolute atomic E-state index is 0.310. The van der Waals surface area contributed by atoms with Crippen molar-refractivity contribution in [1.82, 2.24) is 19.8 Å². The first-order chi connectivity index (χ1) is 5.27. The predicted molar refractivity (Wildman–Crippen MR) is 38.3 cm³/mol. The monoisotopic (exact) mass is 150 g/mol. The third-order valence-electron chi connectivity index (χ3n) is 1.41. The SMILES string of the molecule is Cc1cc2cn[nH]c(=O)n2n1. The molecule has 0 bridgehead atoms. The second kappa shape index (κ2) is 1.91. The summed E-state index contributed by atoms with van der Waals surface area (Å²) in [6, 6.07) is 1.79. The van der Waals surface area contributed by atoms with Crippen molar-refractivity contribution in [3.05, 3.63) is 28.4 Å². The quantitative estimate of drug-likeness (QED) is 0.562. The lowest BCUT2D eigenvalue weighted by molar-refractivity contribution is 0.801. The standard InChI is InChI=1S/C6H6N4O/c1-4-2-5-3-7-8-6(11)10(5)9-4/h2-3H,1H3,(H,8,11). The third kappa shape index (κ3) is 0.813. The Balaban J connectivity index is 3.02. The van der Waals surface area contributed by atoms with Crippen LogP contribution in [-0.4, -0.2) is 19.8 Å². The van der Waals surface area contributed by atoms with Crippen molar-refractivity contribution in [2.45, 2.75) is 6.92 Å². The zero-order valence-electron chi connectivity index (χ0n) is 5.90. The summed E-state index contributed by atoms with van der Waals surface area (Å²) >= 11 is 0. The Bertz CT molecular complexity index is 441. The van der Waals surface area contributed by atoms with Crippen LogP contribution in [-0.2, 0) is 0 Å². The van der Waals surface area contributed by atoms with E-state index in [9.17, 15) is 4.79 Å². The van der Waals surface area contributed by atoms with Crippen molar-refractivity contribution in [2.24, 2.45) is 0 Å². The molecule has 0 amide bonds. The van der Waals surface area contributed by atoms with Crippen molar-refractivity contribution in [2.75, 3.05) is 0 Å². The number of rotatable bonds is 0. The van der Waals surface area contributed by atoms with Gasteiger partial charge in [0.2, 0.25) is 0 Å². The number of H-pyrrole nitrogens is 1. The van der Waals surface area contributed by atoms with Crippen LogP contribution < -0.4 is 5.69 Å². The zero-order valence-corrected chi connectivity index (χ0v) is 5.90. The minimum atomic E-state index is -0.310. The van der Waals surface area contributed by atoms with Gasteiger partial charge in [-0.3, -0.25) is 0 Å². The van der Waals surface area contributed by atoms with Gasteiger partial charge in [-0.2, -0.15) is 14.7 Å². The van der Waals surface area contributed by atoms with Gasteiger partial charge in [0, 0.05) is 0 Å². The number of hydrogen-bond donors (Lipinski definition) is 1. The lowest BCUT2D eigenvalue weighted by Gasteiger charge is -1.85. The number of aromatic amines is 1. The number of nitrogens with one attached hydrogen (secondary N) is 1. The molecule has 0 aromatic carbocycles. The highest BCUT2D eigenvalue weighted by Crippen LogP contribution is 1.98. The van der Waals surface area contributed by atoms with Gasteiger partial charge in [0.05, 0.1) is 17.4 Å². The van der Waals surface area contributed by atoms with Gasteiger partial charge in [0.15, 0.2) is 0 Å². The molecule has 5 nitrogen and oxygen atoms in total. The maximum Gasteiger partial charge on any atom is 0.363 e. The van der Waals surface area contributed by atoms with E-state index in [2.05, 4.69) is 15.3 Å². The van der Waals surface area contributed by atoms with Crippen LogP contribution in [0.15, 0.2) is 17.1 Å². The van der Waals surface area contributed by atoms with Crippen molar-refractivity contribution in [3.8, 4) is 0 Å². The van der Waals surface area contributed by atoms with Crippen molar-refractivity contribution in [3.63, 3.8) is 0 Å². The van der Waals surface area contributed by atoms with Crippen molar-refractivity contribution >= 4 is 5.52 Å². The fourth-order valence-electron chi connectivity index (χ4n) is 0.975. The number of aryl methyl sites for hydroxylation is 1. The van der Waals surface area contributed by atoms with Crippen LogP contribution in [0.4, 0.5) is 0 Å². The fraction of sp³-hybridized carbons (Fsp3) is 0.167. The van der Waals surface area contributed by atoms with E-state index in [-0.39, 0.29) is 5.69 Å². The molecule has 0 saturated heterocycles. The number of aromatic nitrogens is 4. The Morgan fingerprint density at radius 3 is 3.18 bits per heavy atom. The Morgan fingerprint density at radius 1 is 1.64 bits per heavy atom. The summed E-state index contributed by atoms with van der Waals surface area (Å²) < 4.78 is 1.28. The van der Waals surface area contributed by atoms with E-state index >= 15 is 0 Å². The summed E-state index contributed by atoms with van der Waals surface area (Å²) in [5, 5.41) is 9.86. The highest BCUT2D eigenvalue weighted by atomic mass is 16.1. The molecule has 0 atom stereocenters. The minimum Gasteiger partial charge on any atom is -0.244 e. The van der Waals surface area contributed by atoms with E-state index < -0.39 is 0 Å². The Morgan fingerprint density at radius 2 is 2.45 bits per heavy atom. The third-order valence-corrected chi connectivity index (χ3v) is 1.41. The smallest absolute Gasteiger partial charge is 0.244 e. The summed E-state index contributed by atoms with van der Waals surface area (Å²) in [5.41, 5.74) is 1.21. The first-order valence-electron chi connectivity index (χ1n) is 3.17. The summed E-state index contributed by atoms with van der Waals surface area (Å²) in [5.74, 6) is 0. The van der Waals surface area contributed by atoms with Crippen LogP contribution in [0, 0.1) is 6.92 Å². The molecule has 0 aliphatic heterocycles. The lowest BCUT2D eigenvalue weighted by Crippen LogP contribution is -2.17. The van der Waals surface area contributed by atoms with Crippen LogP contribution in [0.5, 0.6) is 0 Å². The van der Waals surface area contributed by atoms with Gasteiger partial charge in [0.1, 0.15) is 0 Å². The number of hydrogen-bond acceptors (Lipinski definition) is 3. The van der Waals surface area contributed by atoms with Gasteiger partial charge in [-0.15, -0.1) is 0 Å². The van der Waals surface area contributed by atoms with Crippen molar-refractivity contribution < 1.29 is 0 Å². The topological polar surface area (TPSA) is 63.0 Å². The van der Waals surface area contributed by atoms with Gasteiger partial charge in [-0.1, -0.05) is 0 Å². The summed E-state index contributed by atoms with van der Waals surface area (Å²) in [6.07, 6.45) is 1.56. The van der Waals surface area contributed by atoms with Gasteiger partial charge >= 0.3 is 5.69 Å². The molecule has 2 heterocycles. The molecule has 2 aromatic heterocycles. The van der Waals surface area contributed by atoms with Crippen LogP contribution in [0.25, 0.3) is 5.52 Å². The number of fused-ring (bicyclic) bond motifs is 1. The van der Waals surface area contributed by atoms with E-state index in [0.717, 1.165) is 5.69 Å². The van der Waals surface area contributed by atoms with E-state index in [0.29, 0.717) is 5.52 Å². The molecular weight excluding hydrogens is 144 g/mol. The van der Waals surface area contributed by atoms with Crippen LogP contribution >= 0.6 is 0 Å². The van der Waals surface area contributed by atoms with Gasteiger partial charge < -0.3 is 0 Å². The molecule has 0 fully saturated rings. The Labute approximate surface area is 61.7 Å². The average Bonchev–Trinajstić information content (AvgIpc) is 2.31. The predicted octanol–water partition coefficient (Wildman–Crippen LogP) is -0.274. The maximum absolute atomic E-state index is 11.0. The van der Waals surface area contributed by atoms with Crippen LogP contribution in [0.2, 0.25) is 0 Å². The molecule has 0 spiro atoms. The normalized spacial score (nSPS) is 10.6. The van der Waals surface area contributed by atoms with E-state index in [1.807, 2.05) is 6.92 Å². The summed E-state index contributed by atoms with van der Waals surface area (Å²) in [7, 11) is 0. The molecule has 2 aromatic rings. The molecule has 56 valence electrons. The molecule has 0 saturated carbocycles. The Hall–Kier alpha value is -1.65. The lowest BCUT2D eigenvalue weighted by atomic mass is 10.4. The molecule has 5 heteroatoms. The largest absolute Gasteiger partial charge is 0.363 e. The summed E-state index contributed by atoms with van der Waals surface area (Å²) in [4.78, 5) is 11.0. The molecule has 0 radical (unpaired) electrons. The van der Waals surface area contributed by atoms with Gasteiger partial charge in [0.25, 0.3) is 0 Å². The van der Waals surface area contributed by atoms with Crippen LogP contribution in [0.1, 0.15) is 5.69 Å². The van der Waals surface area contributed by atoms with E-state index in [4.69, 9.17) is 0 Å². The maximum atomic E-state index is 11.0. The average molecular weight is 150 g/mol.